The first-order chi connectivity index (χ1) is 12.7. The molecule has 0 radical (unpaired) electrons. The zero-order chi connectivity index (χ0) is 20.0. The molecule has 0 aliphatic rings. The van der Waals surface area contributed by atoms with Crippen molar-refractivity contribution in [1.29, 1.82) is 0 Å². The smallest absolute Gasteiger partial charge is 0.234 e. The Bertz CT molecular complexity index is 790. The van der Waals surface area contributed by atoms with E-state index in [0.717, 1.165) is 16.3 Å². The quantitative estimate of drug-likeness (QED) is 0.787. The SMILES string of the molecule is CCN(CC(=O)NC(C)c1cccc2ccccc12)CC(=O)NC(C)(C)C. The molecule has 2 rings (SSSR count). The first-order valence-corrected chi connectivity index (χ1v) is 9.50. The van der Waals surface area contributed by atoms with Gasteiger partial charge in [-0.3, -0.25) is 14.5 Å². The largest absolute Gasteiger partial charge is 0.350 e. The lowest BCUT2D eigenvalue weighted by Gasteiger charge is -2.25. The number of hydrogen-bond donors (Lipinski definition) is 2. The van der Waals surface area contributed by atoms with Crippen LogP contribution in [0.25, 0.3) is 10.8 Å². The summed E-state index contributed by atoms with van der Waals surface area (Å²) < 4.78 is 0. The van der Waals surface area contributed by atoms with Gasteiger partial charge in [-0.2, -0.15) is 0 Å². The fraction of sp³-hybridized carbons (Fsp3) is 0.455. The van der Waals surface area contributed by atoms with E-state index in [4.69, 9.17) is 0 Å². The number of carbonyl (C=O) groups is 2. The van der Waals surface area contributed by atoms with E-state index >= 15 is 0 Å². The van der Waals surface area contributed by atoms with Gasteiger partial charge in [0.15, 0.2) is 0 Å². The summed E-state index contributed by atoms with van der Waals surface area (Å²) in [4.78, 5) is 26.5. The summed E-state index contributed by atoms with van der Waals surface area (Å²) in [5, 5.41) is 8.29. The van der Waals surface area contributed by atoms with Crippen molar-refractivity contribution < 1.29 is 9.59 Å². The third-order valence-electron chi connectivity index (χ3n) is 4.36. The molecule has 5 heteroatoms. The van der Waals surface area contributed by atoms with Gasteiger partial charge in [-0.1, -0.05) is 49.4 Å². The summed E-state index contributed by atoms with van der Waals surface area (Å²) in [6.07, 6.45) is 0. The highest BCUT2D eigenvalue weighted by molar-refractivity contribution is 5.87. The van der Waals surface area contributed by atoms with Crippen molar-refractivity contribution in [3.05, 3.63) is 48.0 Å². The van der Waals surface area contributed by atoms with Crippen molar-refractivity contribution >= 4 is 22.6 Å². The molecule has 0 heterocycles. The highest BCUT2D eigenvalue weighted by Crippen LogP contribution is 2.23. The summed E-state index contributed by atoms with van der Waals surface area (Å²) in [7, 11) is 0. The molecule has 2 amide bonds. The Balaban J connectivity index is 1.98. The maximum absolute atomic E-state index is 12.5. The molecule has 0 saturated carbocycles. The van der Waals surface area contributed by atoms with Crippen LogP contribution in [-0.4, -0.2) is 41.9 Å². The lowest BCUT2D eigenvalue weighted by atomic mass is 10.00. The molecule has 27 heavy (non-hydrogen) atoms. The van der Waals surface area contributed by atoms with Crippen LogP contribution < -0.4 is 10.6 Å². The molecule has 2 aromatic rings. The standard InChI is InChI=1S/C22H31N3O2/c1-6-25(15-21(27)24-22(3,4)5)14-20(26)23-16(2)18-13-9-11-17-10-7-8-12-19(17)18/h7-13,16H,6,14-15H2,1-5H3,(H,23,26)(H,24,27). The lowest BCUT2D eigenvalue weighted by Crippen LogP contribution is -2.48. The maximum atomic E-state index is 12.5. The summed E-state index contributed by atoms with van der Waals surface area (Å²) in [6.45, 7) is 10.8. The third-order valence-corrected chi connectivity index (χ3v) is 4.36. The lowest BCUT2D eigenvalue weighted by molar-refractivity contribution is -0.126. The molecule has 0 aliphatic heterocycles. The predicted octanol–water partition coefficient (Wildman–Crippen LogP) is 3.25. The van der Waals surface area contributed by atoms with E-state index in [-0.39, 0.29) is 36.5 Å². The van der Waals surface area contributed by atoms with Crippen LogP contribution >= 0.6 is 0 Å². The van der Waals surface area contributed by atoms with E-state index in [0.29, 0.717) is 6.54 Å². The highest BCUT2D eigenvalue weighted by atomic mass is 16.2. The van der Waals surface area contributed by atoms with Crippen molar-refractivity contribution in [2.24, 2.45) is 0 Å². The average molecular weight is 370 g/mol. The Labute approximate surface area is 162 Å². The zero-order valence-electron chi connectivity index (χ0n) is 17.0. The van der Waals surface area contributed by atoms with Crippen LogP contribution in [0, 0.1) is 0 Å². The van der Waals surface area contributed by atoms with Crippen LogP contribution in [0.5, 0.6) is 0 Å². The first kappa shape index (κ1) is 20.9. The number of carbonyl (C=O) groups excluding carboxylic acids is 2. The Morgan fingerprint density at radius 1 is 1.00 bits per heavy atom. The van der Waals surface area contributed by atoms with Crippen molar-refractivity contribution in [3.63, 3.8) is 0 Å². The fourth-order valence-electron chi connectivity index (χ4n) is 3.14. The molecule has 146 valence electrons. The molecule has 0 saturated heterocycles. The molecule has 2 aromatic carbocycles. The molecule has 0 aromatic heterocycles. The van der Waals surface area contributed by atoms with Gasteiger partial charge in [0.05, 0.1) is 19.1 Å². The van der Waals surface area contributed by atoms with Crippen LogP contribution in [0.1, 0.15) is 46.2 Å². The Kier molecular flexibility index (Phi) is 6.97. The molecular formula is C22H31N3O2. The van der Waals surface area contributed by atoms with Gasteiger partial charge < -0.3 is 10.6 Å². The number of nitrogens with zero attached hydrogens (tertiary/aromatic N) is 1. The second-order valence-corrected chi connectivity index (χ2v) is 7.96. The molecule has 0 fully saturated rings. The molecule has 2 N–H and O–H groups in total. The molecule has 0 bridgehead atoms. The van der Waals surface area contributed by atoms with E-state index in [2.05, 4.69) is 28.8 Å². The maximum Gasteiger partial charge on any atom is 0.234 e. The number of benzene rings is 2. The van der Waals surface area contributed by atoms with E-state index in [9.17, 15) is 9.59 Å². The summed E-state index contributed by atoms with van der Waals surface area (Å²) >= 11 is 0. The molecule has 0 aliphatic carbocycles. The van der Waals surface area contributed by atoms with Gasteiger partial charge in [-0.05, 0) is 50.6 Å². The minimum absolute atomic E-state index is 0.0701. The van der Waals surface area contributed by atoms with Crippen molar-refractivity contribution in [1.82, 2.24) is 15.5 Å². The van der Waals surface area contributed by atoms with Crippen molar-refractivity contribution in [2.75, 3.05) is 19.6 Å². The summed E-state index contributed by atoms with van der Waals surface area (Å²) in [5.41, 5.74) is 0.816. The third kappa shape index (κ3) is 6.36. The number of hydrogen-bond acceptors (Lipinski definition) is 3. The van der Waals surface area contributed by atoms with Crippen LogP contribution in [-0.2, 0) is 9.59 Å². The second-order valence-electron chi connectivity index (χ2n) is 7.96. The Morgan fingerprint density at radius 2 is 1.63 bits per heavy atom. The minimum atomic E-state index is -0.276. The van der Waals surface area contributed by atoms with Crippen LogP contribution in [0.3, 0.4) is 0 Å². The summed E-state index contributed by atoms with van der Waals surface area (Å²) in [5.74, 6) is -0.153. The molecule has 5 nitrogen and oxygen atoms in total. The van der Waals surface area contributed by atoms with Gasteiger partial charge in [-0.25, -0.2) is 0 Å². The van der Waals surface area contributed by atoms with Crippen LogP contribution in [0.2, 0.25) is 0 Å². The first-order valence-electron chi connectivity index (χ1n) is 9.50. The Morgan fingerprint density at radius 3 is 2.30 bits per heavy atom. The van der Waals surface area contributed by atoms with E-state index in [1.807, 2.05) is 63.8 Å². The molecule has 1 atom stereocenters. The van der Waals surface area contributed by atoms with Gasteiger partial charge in [0, 0.05) is 5.54 Å². The zero-order valence-corrected chi connectivity index (χ0v) is 17.0. The fourth-order valence-corrected chi connectivity index (χ4v) is 3.14. The monoisotopic (exact) mass is 369 g/mol. The number of amides is 2. The van der Waals surface area contributed by atoms with Gasteiger partial charge in [0.2, 0.25) is 11.8 Å². The topological polar surface area (TPSA) is 61.4 Å². The van der Waals surface area contributed by atoms with Crippen LogP contribution in [0.4, 0.5) is 0 Å². The highest BCUT2D eigenvalue weighted by Gasteiger charge is 2.19. The van der Waals surface area contributed by atoms with Gasteiger partial charge in [0.25, 0.3) is 0 Å². The van der Waals surface area contributed by atoms with Gasteiger partial charge in [-0.15, -0.1) is 0 Å². The van der Waals surface area contributed by atoms with E-state index in [1.54, 1.807) is 0 Å². The number of rotatable bonds is 7. The number of nitrogens with one attached hydrogen (secondary N) is 2. The number of fused-ring (bicyclic) bond motifs is 1. The van der Waals surface area contributed by atoms with E-state index < -0.39 is 0 Å². The van der Waals surface area contributed by atoms with Crippen molar-refractivity contribution in [2.45, 2.75) is 46.2 Å². The molecule has 0 spiro atoms. The molecular weight excluding hydrogens is 338 g/mol. The number of likely N-dealkylation sites (N-methyl/N-ethyl adjacent to an activating group) is 1. The molecule has 1 unspecified atom stereocenters. The van der Waals surface area contributed by atoms with Gasteiger partial charge >= 0.3 is 0 Å². The van der Waals surface area contributed by atoms with Crippen LogP contribution in [0.15, 0.2) is 42.5 Å². The van der Waals surface area contributed by atoms with Crippen molar-refractivity contribution in [3.8, 4) is 0 Å². The average Bonchev–Trinajstić information content (AvgIpc) is 2.58. The minimum Gasteiger partial charge on any atom is -0.350 e. The Hall–Kier alpha value is -2.40. The normalized spacial score (nSPS) is 12.8. The van der Waals surface area contributed by atoms with E-state index in [1.165, 1.54) is 0 Å². The van der Waals surface area contributed by atoms with Gasteiger partial charge in [0.1, 0.15) is 0 Å². The predicted molar refractivity (Wildman–Crippen MR) is 111 cm³/mol. The second kappa shape index (κ2) is 9.00. The summed E-state index contributed by atoms with van der Waals surface area (Å²) in [6, 6.07) is 14.2.